The number of carbonyl (C=O) groups is 2. The Labute approximate surface area is 272 Å². The van der Waals surface area contributed by atoms with E-state index in [0.717, 1.165) is 30.9 Å². The molecule has 3 N–H and O–H groups in total. The van der Waals surface area contributed by atoms with Crippen LogP contribution in [-0.2, 0) is 34.4 Å². The smallest absolute Gasteiger partial charge is 0.407 e. The number of esters is 1. The monoisotopic (exact) mass is 685 g/mol. The molecule has 4 rings (SSSR count). The van der Waals surface area contributed by atoms with Crippen molar-refractivity contribution in [1.82, 2.24) is 10.0 Å². The molecule has 0 saturated carbocycles. The number of rotatable bonds is 14. The standard InChI is InChI=1S/C32H35N3O10S2/c1-5-30(36)43-16-14-33-32(37)44-17-15-34-46(38,39)23-10-13-26(29(20-23)47(40,41)42)31-24-11-8-21(4)18-27(24)45-28-19-22(9-12-25(28)31)35(6-2)7-3/h5,8-13,18-20,34H,1,4,6-7,14-17H2,2-3H3,(H,33,37)(H,40,41,42). The van der Waals surface area contributed by atoms with Gasteiger partial charge in [0, 0.05) is 59.4 Å². The minimum absolute atomic E-state index is 0.0391. The molecule has 0 unspecified atom stereocenters. The molecule has 0 saturated heterocycles. The molecular weight excluding hydrogens is 650 g/mol. The Bertz CT molecular complexity index is 2030. The predicted octanol–water partition coefficient (Wildman–Crippen LogP) is 2.28. The number of sulfonamides is 1. The highest BCUT2D eigenvalue weighted by Crippen LogP contribution is 2.40. The van der Waals surface area contributed by atoms with E-state index in [1.807, 2.05) is 26.0 Å². The molecule has 0 fully saturated rings. The molecule has 0 atom stereocenters. The summed E-state index contributed by atoms with van der Waals surface area (Å²) in [6, 6.07) is 14.1. The highest BCUT2D eigenvalue weighted by atomic mass is 32.2. The van der Waals surface area contributed by atoms with E-state index in [0.29, 0.717) is 33.1 Å². The van der Waals surface area contributed by atoms with Crippen LogP contribution in [-0.4, -0.2) is 72.8 Å². The minimum Gasteiger partial charge on any atom is -0.461 e. The highest BCUT2D eigenvalue weighted by Gasteiger charge is 2.28. The van der Waals surface area contributed by atoms with Crippen LogP contribution in [0.5, 0.6) is 11.5 Å². The average Bonchev–Trinajstić information content (AvgIpc) is 3.03. The first kappa shape index (κ1) is 35.2. The van der Waals surface area contributed by atoms with Gasteiger partial charge in [0.15, 0.2) is 0 Å². The van der Waals surface area contributed by atoms with Crippen LogP contribution < -0.4 is 30.1 Å². The van der Waals surface area contributed by atoms with Crippen LogP contribution in [0.15, 0.2) is 77.0 Å². The van der Waals surface area contributed by atoms with E-state index >= 15 is 0 Å². The molecular formula is C32H35N3O10S2. The number of nitrogens with one attached hydrogen (secondary N) is 2. The normalized spacial score (nSPS) is 12.3. The molecule has 1 aliphatic heterocycles. The molecule has 1 aliphatic rings. The molecule has 47 heavy (non-hydrogen) atoms. The number of benzene rings is 3. The molecule has 1 heterocycles. The number of carbonyl (C=O) groups excluding carboxylic acids is 2. The summed E-state index contributed by atoms with van der Waals surface area (Å²) in [4.78, 5) is 23.8. The second kappa shape index (κ2) is 14.8. The van der Waals surface area contributed by atoms with Crippen LogP contribution in [0.2, 0.25) is 0 Å². The Morgan fingerprint density at radius 1 is 0.915 bits per heavy atom. The van der Waals surface area contributed by atoms with Crippen molar-refractivity contribution in [1.29, 1.82) is 0 Å². The van der Waals surface area contributed by atoms with E-state index in [1.165, 1.54) is 12.1 Å². The molecule has 15 heteroatoms. The van der Waals surface area contributed by atoms with Gasteiger partial charge in [-0.15, -0.1) is 0 Å². The van der Waals surface area contributed by atoms with Gasteiger partial charge in [-0.3, -0.25) is 4.55 Å². The van der Waals surface area contributed by atoms with Gasteiger partial charge in [-0.25, -0.2) is 22.7 Å². The fourth-order valence-corrected chi connectivity index (χ4v) is 6.74. The van der Waals surface area contributed by atoms with Crippen molar-refractivity contribution in [3.05, 3.63) is 88.8 Å². The maximum Gasteiger partial charge on any atom is 0.407 e. The van der Waals surface area contributed by atoms with Gasteiger partial charge in [-0.05, 0) is 49.4 Å². The quantitative estimate of drug-likeness (QED) is 0.0768. The van der Waals surface area contributed by atoms with Crippen LogP contribution in [0.25, 0.3) is 12.2 Å². The number of alkyl carbamates (subject to hydrolysis) is 1. The van der Waals surface area contributed by atoms with E-state index in [4.69, 9.17) is 14.2 Å². The van der Waals surface area contributed by atoms with Crippen molar-refractivity contribution in [3.8, 4) is 11.5 Å². The first-order valence-corrected chi connectivity index (χ1v) is 17.4. The molecule has 3 aromatic rings. The van der Waals surface area contributed by atoms with Gasteiger partial charge in [0.2, 0.25) is 10.0 Å². The Balaban J connectivity index is 1.64. The van der Waals surface area contributed by atoms with Crippen molar-refractivity contribution in [2.24, 2.45) is 0 Å². The zero-order valence-electron chi connectivity index (χ0n) is 25.8. The average molecular weight is 686 g/mol. The lowest BCUT2D eigenvalue weighted by Gasteiger charge is -2.26. The van der Waals surface area contributed by atoms with Crippen LogP contribution in [0.3, 0.4) is 0 Å². The molecule has 0 aromatic heterocycles. The number of anilines is 1. The lowest BCUT2D eigenvalue weighted by molar-refractivity contribution is -0.137. The second-order valence-electron chi connectivity index (χ2n) is 10.1. The largest absolute Gasteiger partial charge is 0.461 e. The van der Waals surface area contributed by atoms with Crippen molar-refractivity contribution in [2.45, 2.75) is 23.6 Å². The lowest BCUT2D eigenvalue weighted by Crippen LogP contribution is -2.32. The number of hydrogen-bond acceptors (Lipinski definition) is 10. The molecule has 250 valence electrons. The summed E-state index contributed by atoms with van der Waals surface area (Å²) in [5, 5.41) is 3.50. The lowest BCUT2D eigenvalue weighted by atomic mass is 9.92. The van der Waals surface area contributed by atoms with Gasteiger partial charge >= 0.3 is 12.1 Å². The van der Waals surface area contributed by atoms with E-state index < -0.39 is 42.0 Å². The van der Waals surface area contributed by atoms with Crippen molar-refractivity contribution >= 4 is 50.0 Å². The van der Waals surface area contributed by atoms with Gasteiger partial charge < -0.3 is 24.4 Å². The van der Waals surface area contributed by atoms with E-state index in [1.54, 1.807) is 24.3 Å². The molecule has 13 nitrogen and oxygen atoms in total. The third-order valence-electron chi connectivity index (χ3n) is 7.12. The van der Waals surface area contributed by atoms with E-state index in [-0.39, 0.29) is 31.9 Å². The SMILES string of the molecule is C=CC(=O)OCCNC(=O)OCCNS(=O)(=O)c1ccc(C2=c3ccc(=C)cc3Oc3cc(N(CC)CC)ccc32)c(S(=O)(=O)O)c1. The van der Waals surface area contributed by atoms with Crippen molar-refractivity contribution in [3.63, 3.8) is 0 Å². The summed E-state index contributed by atoms with van der Waals surface area (Å²) < 4.78 is 80.1. The van der Waals surface area contributed by atoms with Gasteiger partial charge in [-0.1, -0.05) is 31.4 Å². The summed E-state index contributed by atoms with van der Waals surface area (Å²) in [6.45, 7) is 11.9. The van der Waals surface area contributed by atoms with E-state index in [9.17, 15) is 31.0 Å². The maximum absolute atomic E-state index is 13.1. The number of hydrogen-bond donors (Lipinski definition) is 3. The third kappa shape index (κ3) is 8.37. The zero-order valence-corrected chi connectivity index (χ0v) is 27.4. The number of ether oxygens (including phenoxy) is 3. The number of fused-ring (bicyclic) bond motifs is 2. The third-order valence-corrected chi connectivity index (χ3v) is 9.47. The topological polar surface area (TPSA) is 178 Å². The minimum atomic E-state index is -4.95. The summed E-state index contributed by atoms with van der Waals surface area (Å²) in [6.07, 6.45) is 0.0983. The second-order valence-corrected chi connectivity index (χ2v) is 13.3. The van der Waals surface area contributed by atoms with Crippen LogP contribution >= 0.6 is 0 Å². The summed E-state index contributed by atoms with van der Waals surface area (Å²) >= 11 is 0. The Morgan fingerprint density at radius 2 is 1.62 bits per heavy atom. The number of amides is 1. The summed E-state index contributed by atoms with van der Waals surface area (Å²) in [7, 11) is -9.27. The highest BCUT2D eigenvalue weighted by molar-refractivity contribution is 7.89. The molecule has 0 aliphatic carbocycles. The fraction of sp³-hybridized carbons (Fsp3) is 0.250. The Kier molecular flexibility index (Phi) is 11.1. The molecule has 3 aromatic carbocycles. The predicted molar refractivity (Wildman–Crippen MR) is 175 cm³/mol. The van der Waals surface area contributed by atoms with E-state index in [2.05, 4.69) is 28.1 Å². The van der Waals surface area contributed by atoms with Gasteiger partial charge in [-0.2, -0.15) is 8.42 Å². The molecule has 0 bridgehead atoms. The fourth-order valence-electron chi connectivity index (χ4n) is 4.91. The maximum atomic E-state index is 13.1. The van der Waals surface area contributed by atoms with Crippen LogP contribution in [0.4, 0.5) is 10.5 Å². The molecule has 0 spiro atoms. The molecule has 0 radical (unpaired) electrons. The van der Waals surface area contributed by atoms with Crippen molar-refractivity contribution in [2.75, 3.05) is 44.3 Å². The first-order valence-electron chi connectivity index (χ1n) is 14.5. The first-order chi connectivity index (χ1) is 22.3. The molecule has 1 amide bonds. The van der Waals surface area contributed by atoms with Crippen molar-refractivity contribution < 1.29 is 45.2 Å². The Morgan fingerprint density at radius 3 is 2.30 bits per heavy atom. The van der Waals surface area contributed by atoms with Gasteiger partial charge in [0.25, 0.3) is 10.1 Å². The Hall–Kier alpha value is -4.70. The summed E-state index contributed by atoms with van der Waals surface area (Å²) in [5.41, 5.74) is 1.90. The zero-order chi connectivity index (χ0) is 34.4. The van der Waals surface area contributed by atoms with Crippen LogP contribution in [0, 0.1) is 0 Å². The number of nitrogens with zero attached hydrogens (tertiary/aromatic N) is 1. The van der Waals surface area contributed by atoms with Crippen LogP contribution in [0.1, 0.15) is 25.0 Å². The van der Waals surface area contributed by atoms with Gasteiger partial charge in [0.05, 0.1) is 11.4 Å². The van der Waals surface area contributed by atoms with Gasteiger partial charge in [0.1, 0.15) is 29.6 Å². The summed E-state index contributed by atoms with van der Waals surface area (Å²) in [5.74, 6) is 0.208.